The molecule has 0 saturated carbocycles. The zero-order valence-electron chi connectivity index (χ0n) is 14.4. The number of anilines is 1. The first-order chi connectivity index (χ1) is 12.7. The smallest absolute Gasteiger partial charge is 0.337 e. The van der Waals surface area contributed by atoms with Crippen LogP contribution in [-0.4, -0.2) is 19.0 Å². The Morgan fingerprint density at radius 3 is 2.35 bits per heavy atom. The summed E-state index contributed by atoms with van der Waals surface area (Å²) in [6, 6.07) is 20.3. The van der Waals surface area contributed by atoms with Gasteiger partial charge in [0.1, 0.15) is 0 Å². The van der Waals surface area contributed by atoms with Crippen molar-refractivity contribution < 1.29 is 18.9 Å². The quantitative estimate of drug-likeness (QED) is 0.570. The van der Waals surface area contributed by atoms with E-state index in [-0.39, 0.29) is 5.91 Å². The number of ether oxygens (including phenoxy) is 1. The van der Waals surface area contributed by atoms with Crippen LogP contribution in [0, 0.1) is 0 Å². The highest BCUT2D eigenvalue weighted by Gasteiger charge is 2.11. The molecule has 5 nitrogen and oxygen atoms in total. The Balaban J connectivity index is 1.68. The molecule has 1 N–H and O–H groups in total. The van der Waals surface area contributed by atoms with Gasteiger partial charge in [0.15, 0.2) is 18.9 Å². The number of nitrogens with zero attached hydrogens (tertiary/aromatic N) is 1. The normalized spacial score (nSPS) is 10.2. The summed E-state index contributed by atoms with van der Waals surface area (Å²) in [5.41, 5.74) is 2.66. The highest BCUT2D eigenvalue weighted by atomic mass is 16.5. The predicted octanol–water partition coefficient (Wildman–Crippen LogP) is 3.06. The number of pyridine rings is 1. The van der Waals surface area contributed by atoms with E-state index >= 15 is 0 Å². The molecule has 26 heavy (non-hydrogen) atoms. The van der Waals surface area contributed by atoms with E-state index in [9.17, 15) is 9.59 Å². The average Bonchev–Trinajstić information content (AvgIpc) is 2.69. The molecule has 1 heterocycles. The van der Waals surface area contributed by atoms with Gasteiger partial charge in [-0.25, -0.2) is 9.36 Å². The van der Waals surface area contributed by atoms with E-state index in [0.717, 1.165) is 6.54 Å². The lowest BCUT2D eigenvalue weighted by molar-refractivity contribution is -0.688. The van der Waals surface area contributed by atoms with Gasteiger partial charge in [0.25, 0.3) is 5.91 Å². The third kappa shape index (κ3) is 4.33. The molecule has 0 aliphatic heterocycles. The molecule has 0 radical (unpaired) electrons. The molecule has 3 rings (SSSR count). The van der Waals surface area contributed by atoms with Crippen LogP contribution in [0.15, 0.2) is 79.1 Å². The van der Waals surface area contributed by atoms with Crippen molar-refractivity contribution in [3.8, 4) is 0 Å². The molecule has 0 aliphatic rings. The molecular formula is C21H19N2O3+. The number of rotatable bonds is 5. The third-order valence-corrected chi connectivity index (χ3v) is 3.90. The molecule has 2 aromatic carbocycles. The standard InChI is InChI=1S/C21H18N2O3/c1-26-21(25)18-8-5-9-19(14-18)22-20(24)17-10-12-23(13-11-17)15-16-6-3-2-4-7-16/h2-14H,15H2,1H3/p+1. The van der Waals surface area contributed by atoms with Crippen LogP contribution in [0.1, 0.15) is 26.3 Å². The summed E-state index contributed by atoms with van der Waals surface area (Å²) in [6.07, 6.45) is 3.74. The number of carbonyl (C=O) groups excluding carboxylic acids is 2. The van der Waals surface area contributed by atoms with Gasteiger partial charge < -0.3 is 10.1 Å². The first-order valence-electron chi connectivity index (χ1n) is 8.18. The van der Waals surface area contributed by atoms with Crippen molar-refractivity contribution in [1.29, 1.82) is 0 Å². The van der Waals surface area contributed by atoms with Gasteiger partial charge in [0.2, 0.25) is 0 Å². The monoisotopic (exact) mass is 347 g/mol. The maximum atomic E-state index is 12.4. The first kappa shape index (κ1) is 17.4. The summed E-state index contributed by atoms with van der Waals surface area (Å²) < 4.78 is 6.69. The average molecular weight is 347 g/mol. The number of hydrogen-bond acceptors (Lipinski definition) is 3. The van der Waals surface area contributed by atoms with Crippen molar-refractivity contribution in [2.45, 2.75) is 6.54 Å². The number of hydrogen-bond donors (Lipinski definition) is 1. The minimum absolute atomic E-state index is 0.237. The largest absolute Gasteiger partial charge is 0.465 e. The Kier molecular flexibility index (Phi) is 5.39. The highest BCUT2D eigenvalue weighted by molar-refractivity contribution is 6.04. The van der Waals surface area contributed by atoms with Gasteiger partial charge >= 0.3 is 5.97 Å². The molecule has 130 valence electrons. The van der Waals surface area contributed by atoms with Gasteiger partial charge in [-0.2, -0.15) is 0 Å². The molecule has 0 aliphatic carbocycles. The molecule has 5 heteroatoms. The van der Waals surface area contributed by atoms with Crippen LogP contribution in [0.25, 0.3) is 0 Å². The zero-order chi connectivity index (χ0) is 18.4. The number of nitrogens with one attached hydrogen (secondary N) is 1. The zero-order valence-corrected chi connectivity index (χ0v) is 14.4. The number of carbonyl (C=O) groups is 2. The molecule has 0 unspecified atom stereocenters. The number of methoxy groups -OCH3 is 1. The van der Waals surface area contributed by atoms with Crippen molar-refractivity contribution >= 4 is 17.6 Å². The van der Waals surface area contributed by atoms with Crippen LogP contribution >= 0.6 is 0 Å². The Morgan fingerprint density at radius 2 is 1.65 bits per heavy atom. The summed E-state index contributed by atoms with van der Waals surface area (Å²) in [4.78, 5) is 24.0. The SMILES string of the molecule is COC(=O)c1cccc(NC(=O)c2cc[n+](Cc3ccccc3)cc2)c1. The van der Waals surface area contributed by atoms with Crippen molar-refractivity contribution in [3.63, 3.8) is 0 Å². The Hall–Kier alpha value is -3.47. The van der Waals surface area contributed by atoms with Crippen molar-refractivity contribution in [1.82, 2.24) is 0 Å². The van der Waals surface area contributed by atoms with Gasteiger partial charge in [-0.3, -0.25) is 4.79 Å². The van der Waals surface area contributed by atoms with E-state index in [1.165, 1.54) is 12.7 Å². The van der Waals surface area contributed by atoms with E-state index < -0.39 is 5.97 Å². The van der Waals surface area contributed by atoms with Crippen LogP contribution < -0.4 is 9.88 Å². The minimum atomic E-state index is -0.442. The van der Waals surface area contributed by atoms with Crippen LogP contribution in [0.5, 0.6) is 0 Å². The van der Waals surface area contributed by atoms with E-state index in [1.807, 2.05) is 35.2 Å². The summed E-state index contributed by atoms with van der Waals surface area (Å²) in [5, 5.41) is 2.79. The fourth-order valence-electron chi connectivity index (χ4n) is 2.55. The fourth-order valence-corrected chi connectivity index (χ4v) is 2.55. The molecule has 0 spiro atoms. The fraction of sp³-hybridized carbons (Fsp3) is 0.0952. The molecule has 0 fully saturated rings. The summed E-state index contributed by atoms with van der Waals surface area (Å²) in [7, 11) is 1.32. The van der Waals surface area contributed by atoms with E-state index in [2.05, 4.69) is 22.2 Å². The second-order valence-electron chi connectivity index (χ2n) is 5.77. The van der Waals surface area contributed by atoms with E-state index in [4.69, 9.17) is 0 Å². The van der Waals surface area contributed by atoms with Gasteiger partial charge in [-0.1, -0.05) is 36.4 Å². The van der Waals surface area contributed by atoms with Crippen LogP contribution in [0.4, 0.5) is 5.69 Å². The van der Waals surface area contributed by atoms with Gasteiger partial charge in [0.05, 0.1) is 18.2 Å². The maximum absolute atomic E-state index is 12.4. The summed E-state index contributed by atoms with van der Waals surface area (Å²) in [5.74, 6) is -0.679. The van der Waals surface area contributed by atoms with Crippen LogP contribution in [0.3, 0.4) is 0 Å². The topological polar surface area (TPSA) is 59.3 Å². The highest BCUT2D eigenvalue weighted by Crippen LogP contribution is 2.13. The summed E-state index contributed by atoms with van der Waals surface area (Å²) in [6.45, 7) is 0.740. The molecule has 3 aromatic rings. The molecule has 0 saturated heterocycles. The first-order valence-corrected chi connectivity index (χ1v) is 8.18. The molecule has 0 bridgehead atoms. The lowest BCUT2D eigenvalue weighted by Gasteiger charge is -2.06. The van der Waals surface area contributed by atoms with Crippen LogP contribution in [0.2, 0.25) is 0 Å². The molecule has 0 atom stereocenters. The third-order valence-electron chi connectivity index (χ3n) is 3.90. The van der Waals surface area contributed by atoms with Gasteiger partial charge in [0, 0.05) is 23.4 Å². The number of esters is 1. The second kappa shape index (κ2) is 8.07. The molecular weight excluding hydrogens is 328 g/mol. The lowest BCUT2D eigenvalue weighted by Crippen LogP contribution is -2.33. The van der Waals surface area contributed by atoms with Crippen molar-refractivity contribution in [3.05, 3.63) is 95.8 Å². The second-order valence-corrected chi connectivity index (χ2v) is 5.77. The van der Waals surface area contributed by atoms with E-state index in [1.54, 1.807) is 36.4 Å². The summed E-state index contributed by atoms with van der Waals surface area (Å²) >= 11 is 0. The Morgan fingerprint density at radius 1 is 0.923 bits per heavy atom. The van der Waals surface area contributed by atoms with Gasteiger partial charge in [-0.05, 0) is 18.2 Å². The minimum Gasteiger partial charge on any atom is -0.465 e. The van der Waals surface area contributed by atoms with Crippen molar-refractivity contribution in [2.24, 2.45) is 0 Å². The molecule has 1 aromatic heterocycles. The Labute approximate surface area is 151 Å². The number of benzene rings is 2. The van der Waals surface area contributed by atoms with Gasteiger partial charge in [-0.15, -0.1) is 0 Å². The van der Waals surface area contributed by atoms with Crippen molar-refractivity contribution in [2.75, 3.05) is 12.4 Å². The molecule has 1 amide bonds. The predicted molar refractivity (Wildman–Crippen MR) is 97.9 cm³/mol. The number of amides is 1. The number of aromatic nitrogens is 1. The maximum Gasteiger partial charge on any atom is 0.337 e. The Bertz CT molecular complexity index is 906. The lowest BCUT2D eigenvalue weighted by atomic mass is 10.2. The van der Waals surface area contributed by atoms with Crippen LogP contribution in [-0.2, 0) is 11.3 Å². The van der Waals surface area contributed by atoms with E-state index in [0.29, 0.717) is 16.8 Å².